The summed E-state index contributed by atoms with van der Waals surface area (Å²) in [5, 5.41) is 3.20. The fourth-order valence-electron chi connectivity index (χ4n) is 2.03. The molecule has 5 heteroatoms. The molecule has 2 heterocycles. The summed E-state index contributed by atoms with van der Waals surface area (Å²) in [6, 6.07) is 1.80. The highest BCUT2D eigenvalue weighted by Gasteiger charge is 2.19. The van der Waals surface area contributed by atoms with E-state index in [0.29, 0.717) is 0 Å². The summed E-state index contributed by atoms with van der Waals surface area (Å²) in [6.07, 6.45) is 4.49. The van der Waals surface area contributed by atoms with Gasteiger partial charge >= 0.3 is 0 Å². The number of carbonyl (C=O) groups excluding carboxylic acids is 1. The van der Waals surface area contributed by atoms with Gasteiger partial charge in [-0.2, -0.15) is 11.8 Å². The molecule has 4 nitrogen and oxygen atoms in total. The second-order valence-electron chi connectivity index (χ2n) is 4.21. The van der Waals surface area contributed by atoms with Crippen LogP contribution in [0.3, 0.4) is 0 Å². The Bertz CT molecular complexity index is 403. The van der Waals surface area contributed by atoms with Gasteiger partial charge in [-0.05, 0) is 25.2 Å². The van der Waals surface area contributed by atoms with Gasteiger partial charge in [0.05, 0.1) is 17.4 Å². The number of rotatable bonds is 3. The lowest BCUT2D eigenvalue weighted by atomic mass is 10.2. The molecular weight excluding hydrogens is 246 g/mol. The van der Waals surface area contributed by atoms with Crippen LogP contribution in [0.2, 0.25) is 0 Å². The van der Waals surface area contributed by atoms with Crippen molar-refractivity contribution in [2.24, 2.45) is 0 Å². The number of hydrogen-bond acceptors (Lipinski definition) is 4. The number of carbonyl (C=O) groups is 1. The maximum Gasteiger partial charge on any atom is 0.256 e. The quantitative estimate of drug-likeness (QED) is 0.909. The average Bonchev–Trinajstić information content (AvgIpc) is 2.68. The topological polar surface area (TPSA) is 45.2 Å². The van der Waals surface area contributed by atoms with Gasteiger partial charge in [0.2, 0.25) is 0 Å². The first-order chi connectivity index (χ1) is 8.83. The van der Waals surface area contributed by atoms with E-state index < -0.39 is 0 Å². The molecule has 18 heavy (non-hydrogen) atoms. The Morgan fingerprint density at radius 3 is 3.22 bits per heavy atom. The van der Waals surface area contributed by atoms with E-state index in [0.717, 1.165) is 48.8 Å². The first-order valence-electron chi connectivity index (χ1n) is 6.38. The van der Waals surface area contributed by atoms with E-state index in [9.17, 15) is 4.79 Å². The lowest BCUT2D eigenvalue weighted by Gasteiger charge is -2.21. The van der Waals surface area contributed by atoms with Crippen LogP contribution in [-0.4, -0.2) is 46.9 Å². The van der Waals surface area contributed by atoms with Gasteiger partial charge in [-0.25, -0.2) is 0 Å². The number of nitrogens with one attached hydrogen (secondary N) is 1. The fraction of sp³-hybridized carbons (Fsp3) is 0.538. The largest absolute Gasteiger partial charge is 0.383 e. The predicted molar refractivity (Wildman–Crippen MR) is 76.2 cm³/mol. The third-order valence-corrected chi connectivity index (χ3v) is 3.98. The standard InChI is InChI=1S/C13H19N3OS/c1-2-15-12-10-14-5-4-11(12)13(17)16-6-3-8-18-9-7-16/h4-5,10,15H,2-3,6-9H2,1H3. The van der Waals surface area contributed by atoms with Gasteiger partial charge in [-0.1, -0.05) is 0 Å². The Kier molecular flexibility index (Phi) is 4.87. The first-order valence-corrected chi connectivity index (χ1v) is 7.53. The van der Waals surface area contributed by atoms with Crippen molar-refractivity contribution in [1.29, 1.82) is 0 Å². The number of aromatic nitrogens is 1. The van der Waals surface area contributed by atoms with E-state index in [2.05, 4.69) is 10.3 Å². The molecule has 0 unspecified atom stereocenters. The average molecular weight is 265 g/mol. The lowest BCUT2D eigenvalue weighted by molar-refractivity contribution is 0.0769. The van der Waals surface area contributed by atoms with Crippen LogP contribution < -0.4 is 5.32 Å². The molecule has 1 aromatic heterocycles. The SMILES string of the molecule is CCNc1cnccc1C(=O)N1CCCSCC1. The summed E-state index contributed by atoms with van der Waals surface area (Å²) in [7, 11) is 0. The van der Waals surface area contributed by atoms with Crippen LogP contribution in [0.15, 0.2) is 18.5 Å². The van der Waals surface area contributed by atoms with Crippen molar-refractivity contribution in [3.63, 3.8) is 0 Å². The maximum atomic E-state index is 12.5. The number of hydrogen-bond donors (Lipinski definition) is 1. The molecule has 2 rings (SSSR count). The van der Waals surface area contributed by atoms with Crippen LogP contribution in [0.5, 0.6) is 0 Å². The molecule has 0 spiro atoms. The second kappa shape index (κ2) is 6.64. The van der Waals surface area contributed by atoms with Crippen molar-refractivity contribution in [3.8, 4) is 0 Å². The van der Waals surface area contributed by atoms with Crippen LogP contribution in [-0.2, 0) is 0 Å². The van der Waals surface area contributed by atoms with Crippen LogP contribution in [0.25, 0.3) is 0 Å². The highest BCUT2D eigenvalue weighted by atomic mass is 32.2. The Balaban J connectivity index is 2.16. The van der Waals surface area contributed by atoms with Gasteiger partial charge in [0.1, 0.15) is 0 Å². The number of anilines is 1. The Morgan fingerprint density at radius 1 is 1.50 bits per heavy atom. The van der Waals surface area contributed by atoms with E-state index in [4.69, 9.17) is 0 Å². The third-order valence-electron chi connectivity index (χ3n) is 2.93. The smallest absolute Gasteiger partial charge is 0.256 e. The highest BCUT2D eigenvalue weighted by molar-refractivity contribution is 7.99. The molecule has 0 aliphatic carbocycles. The van der Waals surface area contributed by atoms with Gasteiger partial charge in [0.15, 0.2) is 0 Å². The Hall–Kier alpha value is -1.23. The lowest BCUT2D eigenvalue weighted by Crippen LogP contribution is -2.33. The Labute approximate surface area is 112 Å². The molecule has 1 aliphatic rings. The highest BCUT2D eigenvalue weighted by Crippen LogP contribution is 2.18. The van der Waals surface area contributed by atoms with Crippen molar-refractivity contribution in [3.05, 3.63) is 24.0 Å². The van der Waals surface area contributed by atoms with Crippen molar-refractivity contribution in [1.82, 2.24) is 9.88 Å². The molecule has 0 radical (unpaired) electrons. The van der Waals surface area contributed by atoms with Crippen LogP contribution in [0.4, 0.5) is 5.69 Å². The molecule has 0 aromatic carbocycles. The summed E-state index contributed by atoms with van der Waals surface area (Å²) in [4.78, 5) is 18.5. The molecule has 1 aliphatic heterocycles. The summed E-state index contributed by atoms with van der Waals surface area (Å²) >= 11 is 1.92. The van der Waals surface area contributed by atoms with Gasteiger partial charge in [0.25, 0.3) is 5.91 Å². The van der Waals surface area contributed by atoms with Gasteiger partial charge in [0, 0.05) is 31.6 Å². The minimum Gasteiger partial charge on any atom is -0.383 e. The van der Waals surface area contributed by atoms with E-state index in [1.165, 1.54) is 0 Å². The molecule has 1 aromatic rings. The van der Waals surface area contributed by atoms with Crippen LogP contribution in [0, 0.1) is 0 Å². The molecule has 1 N–H and O–H groups in total. The van der Waals surface area contributed by atoms with E-state index in [1.807, 2.05) is 23.6 Å². The van der Waals surface area contributed by atoms with Crippen LogP contribution >= 0.6 is 11.8 Å². The number of amides is 1. The first kappa shape index (κ1) is 13.2. The fourth-order valence-corrected chi connectivity index (χ4v) is 2.92. The number of nitrogens with zero attached hydrogens (tertiary/aromatic N) is 2. The van der Waals surface area contributed by atoms with Crippen molar-refractivity contribution in [2.75, 3.05) is 36.5 Å². The summed E-state index contributed by atoms with van der Waals surface area (Å²) < 4.78 is 0. The third kappa shape index (κ3) is 3.16. The molecule has 1 fully saturated rings. The number of pyridine rings is 1. The summed E-state index contributed by atoms with van der Waals surface area (Å²) in [5.41, 5.74) is 1.57. The molecule has 0 saturated carbocycles. The van der Waals surface area contributed by atoms with E-state index >= 15 is 0 Å². The second-order valence-corrected chi connectivity index (χ2v) is 5.43. The molecule has 0 bridgehead atoms. The van der Waals surface area contributed by atoms with Crippen molar-refractivity contribution >= 4 is 23.4 Å². The minimum atomic E-state index is 0.121. The summed E-state index contributed by atoms with van der Waals surface area (Å²) in [6.45, 7) is 4.52. The maximum absolute atomic E-state index is 12.5. The predicted octanol–water partition coefficient (Wildman–Crippen LogP) is 2.09. The van der Waals surface area contributed by atoms with E-state index in [1.54, 1.807) is 18.5 Å². The van der Waals surface area contributed by atoms with Gasteiger partial charge < -0.3 is 10.2 Å². The normalized spacial score (nSPS) is 16.2. The minimum absolute atomic E-state index is 0.121. The molecular formula is C13H19N3OS. The molecule has 1 saturated heterocycles. The van der Waals surface area contributed by atoms with Crippen LogP contribution in [0.1, 0.15) is 23.7 Å². The number of thioether (sulfide) groups is 1. The van der Waals surface area contributed by atoms with E-state index in [-0.39, 0.29) is 5.91 Å². The van der Waals surface area contributed by atoms with Crippen molar-refractivity contribution < 1.29 is 4.79 Å². The zero-order valence-corrected chi connectivity index (χ0v) is 11.5. The zero-order valence-electron chi connectivity index (χ0n) is 10.7. The molecule has 0 atom stereocenters. The molecule has 1 amide bonds. The molecule has 98 valence electrons. The Morgan fingerprint density at radius 2 is 2.39 bits per heavy atom. The van der Waals surface area contributed by atoms with Gasteiger partial charge in [-0.15, -0.1) is 0 Å². The summed E-state index contributed by atoms with van der Waals surface area (Å²) in [5.74, 6) is 2.31. The monoisotopic (exact) mass is 265 g/mol. The van der Waals surface area contributed by atoms with Crippen molar-refractivity contribution in [2.45, 2.75) is 13.3 Å². The van der Waals surface area contributed by atoms with Gasteiger partial charge in [-0.3, -0.25) is 9.78 Å². The zero-order chi connectivity index (χ0) is 12.8.